The molecule has 0 saturated heterocycles. The lowest BCUT2D eigenvalue weighted by Gasteiger charge is -2.10. The van der Waals surface area contributed by atoms with Gasteiger partial charge in [-0.1, -0.05) is 6.07 Å². The highest BCUT2D eigenvalue weighted by Crippen LogP contribution is 2.22. The van der Waals surface area contributed by atoms with E-state index in [2.05, 4.69) is 19.7 Å². The molecule has 0 aliphatic carbocycles. The number of aromatic nitrogens is 4. The highest BCUT2D eigenvalue weighted by Gasteiger charge is 2.19. The number of halogens is 1. The molecule has 0 bridgehead atoms. The van der Waals surface area contributed by atoms with Gasteiger partial charge in [-0.2, -0.15) is 13.4 Å². The number of fused-ring (bicyclic) bond motifs is 1. The van der Waals surface area contributed by atoms with Crippen molar-refractivity contribution in [2.45, 2.75) is 9.79 Å². The van der Waals surface area contributed by atoms with Gasteiger partial charge < -0.3 is 5.73 Å². The van der Waals surface area contributed by atoms with Crippen LogP contribution in [0.2, 0.25) is 0 Å². The molecule has 0 amide bonds. The third-order valence-electron chi connectivity index (χ3n) is 4.22. The van der Waals surface area contributed by atoms with E-state index in [1.54, 1.807) is 12.1 Å². The standard InChI is InChI=1S/C17H13FN6O5S2/c18-30(26,27)12-2-1-3-13(8-12)31(28,29)23-10-4-6-11(7-5-10)24-9-20-14-15(24)21-17(19)22-16(14)25/h1-9,23H,(H3,19,21,22,25). The number of nitrogen functional groups attached to an aromatic ring is 1. The first-order valence-corrected chi connectivity index (χ1v) is 11.3. The van der Waals surface area contributed by atoms with Gasteiger partial charge in [-0.15, -0.1) is 3.89 Å². The lowest BCUT2D eigenvalue weighted by molar-refractivity contribution is 0.552. The molecule has 0 fully saturated rings. The quantitative estimate of drug-likeness (QED) is 0.369. The Balaban J connectivity index is 1.65. The molecule has 4 N–H and O–H groups in total. The summed E-state index contributed by atoms with van der Waals surface area (Å²) in [6, 6.07) is 9.88. The predicted octanol–water partition coefficient (Wildman–Crippen LogP) is 1.15. The monoisotopic (exact) mass is 464 g/mol. The zero-order valence-corrected chi connectivity index (χ0v) is 17.0. The highest BCUT2D eigenvalue weighted by atomic mass is 32.3. The molecule has 2 heterocycles. The molecule has 0 spiro atoms. The smallest absolute Gasteiger partial charge is 0.332 e. The Morgan fingerprint density at radius 1 is 1.03 bits per heavy atom. The summed E-state index contributed by atoms with van der Waals surface area (Å²) in [6.07, 6.45) is 1.37. The molecule has 0 atom stereocenters. The van der Waals surface area contributed by atoms with Crippen molar-refractivity contribution in [1.82, 2.24) is 19.5 Å². The maximum absolute atomic E-state index is 13.2. The normalized spacial score (nSPS) is 12.2. The van der Waals surface area contributed by atoms with E-state index in [4.69, 9.17) is 5.73 Å². The average molecular weight is 464 g/mol. The number of sulfonamides is 1. The Labute approximate surface area is 174 Å². The van der Waals surface area contributed by atoms with Crippen molar-refractivity contribution in [1.29, 1.82) is 0 Å². The number of hydrogen-bond acceptors (Lipinski definition) is 8. The Kier molecular flexibility index (Phi) is 4.74. The van der Waals surface area contributed by atoms with Crippen LogP contribution in [0.25, 0.3) is 16.9 Å². The van der Waals surface area contributed by atoms with Gasteiger partial charge in [0.05, 0.1) is 9.79 Å². The maximum atomic E-state index is 13.2. The second kappa shape index (κ2) is 7.17. The van der Waals surface area contributed by atoms with Gasteiger partial charge in [0.15, 0.2) is 11.2 Å². The Hall–Kier alpha value is -3.78. The summed E-state index contributed by atoms with van der Waals surface area (Å²) < 4.78 is 64.1. The minimum absolute atomic E-state index is 0.0823. The number of benzene rings is 2. The fraction of sp³-hybridized carbons (Fsp3) is 0. The third-order valence-corrected chi connectivity index (χ3v) is 6.42. The van der Waals surface area contributed by atoms with Gasteiger partial charge in [-0.05, 0) is 42.5 Å². The van der Waals surface area contributed by atoms with Gasteiger partial charge in [-0.25, -0.2) is 13.4 Å². The molecule has 0 unspecified atom stereocenters. The van der Waals surface area contributed by atoms with Crippen LogP contribution in [0.15, 0.2) is 69.4 Å². The molecule has 0 saturated carbocycles. The summed E-state index contributed by atoms with van der Waals surface area (Å²) in [5, 5.41) is 0. The van der Waals surface area contributed by atoms with Crippen LogP contribution in [0.4, 0.5) is 15.5 Å². The molecule has 0 aliphatic heterocycles. The van der Waals surface area contributed by atoms with Gasteiger partial charge in [-0.3, -0.25) is 19.1 Å². The van der Waals surface area contributed by atoms with Gasteiger partial charge in [0.1, 0.15) is 6.33 Å². The summed E-state index contributed by atoms with van der Waals surface area (Å²) in [5.41, 5.74) is 6.06. The topological polar surface area (TPSA) is 170 Å². The SMILES string of the molecule is Nc1nc2c(ncn2-c2ccc(NS(=O)(=O)c3cccc(S(=O)(=O)F)c3)cc2)c(=O)[nH]1. The fourth-order valence-electron chi connectivity index (χ4n) is 2.81. The van der Waals surface area contributed by atoms with Crippen LogP contribution in [0.3, 0.4) is 0 Å². The Morgan fingerprint density at radius 2 is 1.71 bits per heavy atom. The fourth-order valence-corrected chi connectivity index (χ4v) is 4.50. The molecular weight excluding hydrogens is 451 g/mol. The van der Waals surface area contributed by atoms with E-state index >= 15 is 0 Å². The first kappa shape index (κ1) is 20.5. The van der Waals surface area contributed by atoms with Crippen LogP contribution < -0.4 is 16.0 Å². The number of nitrogens with two attached hydrogens (primary N) is 1. The second-order valence-electron chi connectivity index (χ2n) is 6.30. The number of anilines is 2. The number of hydrogen-bond donors (Lipinski definition) is 3. The van der Waals surface area contributed by atoms with Crippen LogP contribution in [0.1, 0.15) is 0 Å². The zero-order chi connectivity index (χ0) is 22.4. The lowest BCUT2D eigenvalue weighted by Crippen LogP contribution is -2.13. The molecule has 4 rings (SSSR count). The van der Waals surface area contributed by atoms with Crippen LogP contribution >= 0.6 is 0 Å². The van der Waals surface area contributed by atoms with Crippen molar-refractivity contribution in [3.63, 3.8) is 0 Å². The van der Waals surface area contributed by atoms with E-state index in [0.717, 1.165) is 24.3 Å². The second-order valence-corrected chi connectivity index (χ2v) is 9.33. The Morgan fingerprint density at radius 3 is 2.39 bits per heavy atom. The minimum atomic E-state index is -5.05. The van der Waals surface area contributed by atoms with Crippen molar-refractivity contribution in [2.24, 2.45) is 0 Å². The molecule has 0 radical (unpaired) electrons. The van der Waals surface area contributed by atoms with E-state index in [-0.39, 0.29) is 22.8 Å². The minimum Gasteiger partial charge on any atom is -0.369 e. The molecule has 0 aliphatic rings. The molecule has 2 aromatic heterocycles. The first-order valence-electron chi connectivity index (χ1n) is 8.45. The molecule has 11 nitrogen and oxygen atoms in total. The number of H-pyrrole nitrogens is 1. The predicted molar refractivity (Wildman–Crippen MR) is 109 cm³/mol. The summed E-state index contributed by atoms with van der Waals surface area (Å²) in [4.78, 5) is 21.1. The summed E-state index contributed by atoms with van der Waals surface area (Å²) >= 11 is 0. The number of rotatable bonds is 5. The van der Waals surface area contributed by atoms with Crippen molar-refractivity contribution in [2.75, 3.05) is 10.5 Å². The van der Waals surface area contributed by atoms with Crippen molar-refractivity contribution < 1.29 is 20.7 Å². The molecule has 31 heavy (non-hydrogen) atoms. The van der Waals surface area contributed by atoms with E-state index in [0.29, 0.717) is 5.69 Å². The highest BCUT2D eigenvalue weighted by molar-refractivity contribution is 7.92. The van der Waals surface area contributed by atoms with E-state index in [9.17, 15) is 25.5 Å². The third kappa shape index (κ3) is 3.97. The van der Waals surface area contributed by atoms with E-state index in [1.807, 2.05) is 0 Å². The number of imidazole rings is 1. The summed E-state index contributed by atoms with van der Waals surface area (Å²) in [7, 11) is -9.24. The van der Waals surface area contributed by atoms with Crippen LogP contribution in [0, 0.1) is 0 Å². The summed E-state index contributed by atoms with van der Waals surface area (Å²) in [5.74, 6) is -0.0823. The maximum Gasteiger partial charge on any atom is 0.332 e. The van der Waals surface area contributed by atoms with Gasteiger partial charge in [0.2, 0.25) is 5.95 Å². The van der Waals surface area contributed by atoms with E-state index < -0.39 is 35.6 Å². The first-order chi connectivity index (χ1) is 14.5. The van der Waals surface area contributed by atoms with Crippen molar-refractivity contribution in [3.05, 3.63) is 65.2 Å². The summed E-state index contributed by atoms with van der Waals surface area (Å²) in [6.45, 7) is 0. The van der Waals surface area contributed by atoms with Gasteiger partial charge >= 0.3 is 10.2 Å². The Bertz CT molecular complexity index is 1580. The number of nitrogens with zero attached hydrogens (tertiary/aromatic N) is 3. The van der Waals surface area contributed by atoms with Crippen LogP contribution in [-0.2, 0) is 20.2 Å². The van der Waals surface area contributed by atoms with Gasteiger partial charge in [0.25, 0.3) is 15.6 Å². The molecule has 14 heteroatoms. The van der Waals surface area contributed by atoms with Crippen LogP contribution in [0.5, 0.6) is 0 Å². The van der Waals surface area contributed by atoms with Gasteiger partial charge in [0, 0.05) is 11.4 Å². The molecule has 2 aromatic carbocycles. The zero-order valence-electron chi connectivity index (χ0n) is 15.4. The number of nitrogens with one attached hydrogen (secondary N) is 2. The molecular formula is C17H13FN6O5S2. The average Bonchev–Trinajstić information content (AvgIpc) is 3.12. The largest absolute Gasteiger partial charge is 0.369 e. The lowest BCUT2D eigenvalue weighted by atomic mass is 10.3. The number of aromatic amines is 1. The molecule has 4 aromatic rings. The van der Waals surface area contributed by atoms with Crippen molar-refractivity contribution >= 4 is 43.0 Å². The van der Waals surface area contributed by atoms with Crippen LogP contribution in [-0.4, -0.2) is 36.4 Å². The van der Waals surface area contributed by atoms with Crippen molar-refractivity contribution in [3.8, 4) is 5.69 Å². The van der Waals surface area contributed by atoms with E-state index in [1.165, 1.54) is 23.0 Å². The molecule has 160 valence electrons.